The van der Waals surface area contributed by atoms with Gasteiger partial charge in [0.2, 0.25) is 0 Å². The van der Waals surface area contributed by atoms with E-state index in [1.54, 1.807) is 12.1 Å². The van der Waals surface area contributed by atoms with E-state index in [2.05, 4.69) is 0 Å². The average Bonchev–Trinajstić information content (AvgIpc) is 2.30. The van der Waals surface area contributed by atoms with Crippen molar-refractivity contribution < 1.29 is 24.6 Å². The van der Waals surface area contributed by atoms with Gasteiger partial charge in [0, 0.05) is 5.56 Å². The lowest BCUT2D eigenvalue weighted by Gasteiger charge is -1.99. The lowest BCUT2D eigenvalue weighted by atomic mass is 10.2. The van der Waals surface area contributed by atoms with Crippen LogP contribution in [-0.2, 0) is 9.59 Å². The summed E-state index contributed by atoms with van der Waals surface area (Å²) in [6.45, 7) is 0. The van der Waals surface area contributed by atoms with E-state index < -0.39 is 24.4 Å². The Morgan fingerprint density at radius 2 is 1.76 bits per heavy atom. The summed E-state index contributed by atoms with van der Waals surface area (Å²) in [5, 5.41) is 16.0. The molecule has 92 valence electrons. The molecule has 1 atom stereocenters. The third kappa shape index (κ3) is 7.69. The maximum atomic E-state index is 10.0. The highest BCUT2D eigenvalue weighted by atomic mass is 16.4. The summed E-state index contributed by atoms with van der Waals surface area (Å²) in [4.78, 5) is 29.6. The quantitative estimate of drug-likeness (QED) is 0.653. The number of benzene rings is 1. The second kappa shape index (κ2) is 8.00. The first-order valence-corrected chi connectivity index (χ1v) is 4.67. The maximum Gasteiger partial charge on any atom is 0.321 e. The van der Waals surface area contributed by atoms with E-state index in [9.17, 15) is 14.4 Å². The monoisotopic (exact) mass is 239 g/mol. The highest BCUT2D eigenvalue weighted by Gasteiger charge is 2.14. The second-order valence-corrected chi connectivity index (χ2v) is 3.07. The van der Waals surface area contributed by atoms with Gasteiger partial charge in [-0.25, -0.2) is 0 Å². The molecule has 0 amide bonds. The molecule has 0 aliphatic rings. The van der Waals surface area contributed by atoms with Gasteiger partial charge in [-0.2, -0.15) is 0 Å². The fraction of sp³-hybridized carbons (Fsp3) is 0.182. The molecule has 4 N–H and O–H groups in total. The molecule has 0 aliphatic carbocycles. The zero-order valence-corrected chi connectivity index (χ0v) is 8.95. The maximum absolute atomic E-state index is 10.0. The molecular formula is C11H13NO5. The van der Waals surface area contributed by atoms with E-state index in [-0.39, 0.29) is 0 Å². The van der Waals surface area contributed by atoms with Crippen molar-refractivity contribution in [3.8, 4) is 0 Å². The summed E-state index contributed by atoms with van der Waals surface area (Å²) in [5.41, 5.74) is 5.57. The van der Waals surface area contributed by atoms with Crippen molar-refractivity contribution in [3.63, 3.8) is 0 Å². The van der Waals surface area contributed by atoms with Crippen molar-refractivity contribution >= 4 is 18.2 Å². The van der Waals surface area contributed by atoms with E-state index >= 15 is 0 Å². The van der Waals surface area contributed by atoms with Gasteiger partial charge >= 0.3 is 11.9 Å². The van der Waals surface area contributed by atoms with E-state index in [1.807, 2.05) is 18.2 Å². The summed E-state index contributed by atoms with van der Waals surface area (Å²) in [6, 6.07) is 7.81. The first-order valence-electron chi connectivity index (χ1n) is 4.67. The molecule has 1 aromatic carbocycles. The van der Waals surface area contributed by atoms with Crippen molar-refractivity contribution in [2.75, 3.05) is 0 Å². The number of rotatable bonds is 4. The van der Waals surface area contributed by atoms with Crippen molar-refractivity contribution in [3.05, 3.63) is 35.9 Å². The van der Waals surface area contributed by atoms with Gasteiger partial charge in [0.25, 0.3) is 0 Å². The Morgan fingerprint density at radius 1 is 1.24 bits per heavy atom. The van der Waals surface area contributed by atoms with Gasteiger partial charge in [0.1, 0.15) is 12.3 Å². The molecule has 0 aromatic heterocycles. The molecule has 0 unspecified atom stereocenters. The smallest absolute Gasteiger partial charge is 0.321 e. The number of carbonyl (C=O) groups excluding carboxylic acids is 1. The standard InChI is InChI=1S/C7H6O.C4H7NO4/c8-6-7-4-2-1-3-5-7;5-2(4(8)9)1-3(6)7/h1-6H;2H,1,5H2,(H,6,7)(H,8,9)/t;2-/m.0/s1. The fourth-order valence-electron chi connectivity index (χ4n) is 0.807. The summed E-state index contributed by atoms with van der Waals surface area (Å²) < 4.78 is 0. The normalized spacial score (nSPS) is 10.6. The molecule has 6 nitrogen and oxygen atoms in total. The Kier molecular flexibility index (Phi) is 6.96. The van der Waals surface area contributed by atoms with Gasteiger partial charge in [0.15, 0.2) is 0 Å². The van der Waals surface area contributed by atoms with Crippen LogP contribution in [0.15, 0.2) is 30.3 Å². The highest BCUT2D eigenvalue weighted by Crippen LogP contribution is 1.91. The lowest BCUT2D eigenvalue weighted by molar-refractivity contribution is -0.144. The average molecular weight is 239 g/mol. The van der Waals surface area contributed by atoms with Crippen molar-refractivity contribution in [1.82, 2.24) is 0 Å². The van der Waals surface area contributed by atoms with Crippen LogP contribution in [0, 0.1) is 0 Å². The number of aliphatic carboxylic acids is 2. The van der Waals surface area contributed by atoms with Crippen LogP contribution in [0.25, 0.3) is 0 Å². The molecule has 0 bridgehead atoms. The first-order chi connectivity index (χ1) is 7.97. The lowest BCUT2D eigenvalue weighted by Crippen LogP contribution is -2.32. The predicted molar refractivity (Wildman–Crippen MR) is 59.7 cm³/mol. The van der Waals surface area contributed by atoms with Crippen LogP contribution in [0.3, 0.4) is 0 Å². The summed E-state index contributed by atoms with van der Waals surface area (Å²) >= 11 is 0. The molecule has 0 fully saturated rings. The van der Waals surface area contributed by atoms with Gasteiger partial charge in [-0.15, -0.1) is 0 Å². The molecule has 17 heavy (non-hydrogen) atoms. The van der Waals surface area contributed by atoms with Crippen molar-refractivity contribution in [2.24, 2.45) is 5.73 Å². The van der Waals surface area contributed by atoms with Gasteiger partial charge < -0.3 is 15.9 Å². The van der Waals surface area contributed by atoms with Crippen LogP contribution in [-0.4, -0.2) is 34.5 Å². The predicted octanol–water partition coefficient (Wildman–Crippen LogP) is 0.372. The minimum Gasteiger partial charge on any atom is -0.481 e. The number of carbonyl (C=O) groups is 3. The van der Waals surface area contributed by atoms with Gasteiger partial charge in [-0.3, -0.25) is 14.4 Å². The van der Waals surface area contributed by atoms with Crippen LogP contribution < -0.4 is 5.73 Å². The van der Waals surface area contributed by atoms with E-state index in [1.165, 1.54) is 0 Å². The molecule has 0 heterocycles. The molecular weight excluding hydrogens is 226 g/mol. The van der Waals surface area contributed by atoms with E-state index in [0.29, 0.717) is 0 Å². The van der Waals surface area contributed by atoms with E-state index in [0.717, 1.165) is 11.8 Å². The molecule has 0 spiro atoms. The number of carboxylic acid groups (broad SMARTS) is 2. The SMILES string of the molecule is N[C@@H](CC(=O)O)C(=O)O.O=Cc1ccccc1. The van der Waals surface area contributed by atoms with Crippen LogP contribution >= 0.6 is 0 Å². The molecule has 1 aromatic rings. The molecule has 1 rings (SSSR count). The Hall–Kier alpha value is -2.21. The molecule has 0 aliphatic heterocycles. The topological polar surface area (TPSA) is 118 Å². The zero-order valence-electron chi connectivity index (χ0n) is 8.95. The Balaban J connectivity index is 0.000000302. The van der Waals surface area contributed by atoms with Crippen LogP contribution in [0.5, 0.6) is 0 Å². The van der Waals surface area contributed by atoms with Crippen molar-refractivity contribution in [1.29, 1.82) is 0 Å². The van der Waals surface area contributed by atoms with Crippen LogP contribution in [0.1, 0.15) is 16.8 Å². The largest absolute Gasteiger partial charge is 0.481 e. The Morgan fingerprint density at radius 3 is 2.00 bits per heavy atom. The minimum absolute atomic E-state index is 0.532. The van der Waals surface area contributed by atoms with Crippen LogP contribution in [0.4, 0.5) is 0 Å². The second-order valence-electron chi connectivity index (χ2n) is 3.07. The first kappa shape index (κ1) is 14.8. The third-order valence-electron chi connectivity index (χ3n) is 1.65. The van der Waals surface area contributed by atoms with Gasteiger partial charge in [-0.05, 0) is 0 Å². The van der Waals surface area contributed by atoms with Gasteiger partial charge in [-0.1, -0.05) is 30.3 Å². The van der Waals surface area contributed by atoms with Crippen LogP contribution in [0.2, 0.25) is 0 Å². The Labute approximate surface area is 97.7 Å². The summed E-state index contributed by atoms with van der Waals surface area (Å²) in [7, 11) is 0. The number of aldehydes is 1. The zero-order chi connectivity index (χ0) is 13.3. The fourth-order valence-corrected chi connectivity index (χ4v) is 0.807. The van der Waals surface area contributed by atoms with Gasteiger partial charge in [0.05, 0.1) is 6.42 Å². The minimum atomic E-state index is -1.29. The highest BCUT2D eigenvalue weighted by molar-refractivity contribution is 5.80. The number of nitrogens with two attached hydrogens (primary N) is 1. The molecule has 6 heteroatoms. The summed E-state index contributed by atoms with van der Waals surface area (Å²) in [6.07, 6.45) is 0.301. The molecule has 0 saturated heterocycles. The molecule has 0 saturated carbocycles. The number of hydrogen-bond acceptors (Lipinski definition) is 4. The van der Waals surface area contributed by atoms with Crippen molar-refractivity contribution in [2.45, 2.75) is 12.5 Å². The Bertz CT molecular complexity index is 377. The third-order valence-corrected chi connectivity index (χ3v) is 1.65. The molecule has 0 radical (unpaired) electrons. The number of hydrogen-bond donors (Lipinski definition) is 3. The summed E-state index contributed by atoms with van der Waals surface area (Å²) in [5.74, 6) is -2.50. The number of carboxylic acids is 2. The van der Waals surface area contributed by atoms with E-state index in [4.69, 9.17) is 15.9 Å².